The zero-order valence-corrected chi connectivity index (χ0v) is 16.6. The van der Waals surface area contributed by atoms with E-state index in [0.717, 1.165) is 11.3 Å². The molecular weight excluding hydrogens is 360 g/mol. The van der Waals surface area contributed by atoms with Crippen LogP contribution in [0.15, 0.2) is 48.5 Å². The number of hydrogen-bond acceptors (Lipinski definition) is 5. The number of carbonyl (C=O) groups is 2. The van der Waals surface area contributed by atoms with E-state index in [4.69, 9.17) is 14.2 Å². The van der Waals surface area contributed by atoms with E-state index in [2.05, 4.69) is 5.32 Å². The lowest BCUT2D eigenvalue weighted by molar-refractivity contribution is -0.142. The predicted octanol–water partition coefficient (Wildman–Crippen LogP) is 2.25. The largest absolute Gasteiger partial charge is 0.497 e. The number of benzene rings is 2. The molecule has 2 aromatic rings. The van der Waals surface area contributed by atoms with E-state index >= 15 is 0 Å². The van der Waals surface area contributed by atoms with Gasteiger partial charge in [0.15, 0.2) is 18.1 Å². The Morgan fingerprint density at radius 3 is 2.21 bits per heavy atom. The summed E-state index contributed by atoms with van der Waals surface area (Å²) in [5.74, 6) is 1.17. The van der Waals surface area contributed by atoms with Gasteiger partial charge in [0.2, 0.25) is 5.91 Å². The summed E-state index contributed by atoms with van der Waals surface area (Å²) in [6, 6.07) is 13.8. The number of methoxy groups -OCH3 is 2. The molecule has 0 fully saturated rings. The molecule has 1 atom stereocenters. The summed E-state index contributed by atoms with van der Waals surface area (Å²) in [7, 11) is 4.67. The van der Waals surface area contributed by atoms with Crippen LogP contribution in [0.2, 0.25) is 0 Å². The molecule has 0 bridgehead atoms. The van der Waals surface area contributed by atoms with Crippen LogP contribution in [0.25, 0.3) is 0 Å². The molecule has 0 saturated carbocycles. The van der Waals surface area contributed by atoms with Gasteiger partial charge in [-0.2, -0.15) is 0 Å². The molecule has 0 aliphatic rings. The van der Waals surface area contributed by atoms with Crippen molar-refractivity contribution in [2.75, 3.05) is 27.9 Å². The molecule has 0 saturated heterocycles. The third-order valence-corrected chi connectivity index (χ3v) is 4.35. The molecule has 2 aromatic carbocycles. The predicted molar refractivity (Wildman–Crippen MR) is 106 cm³/mol. The molecule has 7 heteroatoms. The number of ether oxygens (including phenoxy) is 3. The van der Waals surface area contributed by atoms with Crippen molar-refractivity contribution in [2.24, 2.45) is 0 Å². The Morgan fingerprint density at radius 2 is 1.64 bits per heavy atom. The Balaban J connectivity index is 2.14. The molecule has 0 heterocycles. The van der Waals surface area contributed by atoms with Crippen LogP contribution in [-0.2, 0) is 16.1 Å². The Hall–Kier alpha value is -3.22. The van der Waals surface area contributed by atoms with Gasteiger partial charge in [-0.05, 0) is 36.8 Å². The normalized spacial score (nSPS) is 11.3. The lowest BCUT2D eigenvalue weighted by atomic mass is 10.1. The first-order valence-electron chi connectivity index (χ1n) is 8.90. The standard InChI is InChI=1S/C21H26N2O5/c1-15(21(25)22-2)23(13-16-9-11-17(26-3)12-10-16)20(24)14-28-19-8-6-5-7-18(19)27-4/h5-12,15H,13-14H2,1-4H3,(H,22,25)/t15-/m1/s1. The van der Waals surface area contributed by atoms with E-state index in [1.807, 2.05) is 30.3 Å². The first-order valence-corrected chi connectivity index (χ1v) is 8.90. The SMILES string of the molecule is CNC(=O)[C@@H](C)N(Cc1ccc(OC)cc1)C(=O)COc1ccccc1OC. The Morgan fingerprint density at radius 1 is 1.00 bits per heavy atom. The summed E-state index contributed by atoms with van der Waals surface area (Å²) < 4.78 is 16.0. The first-order chi connectivity index (χ1) is 13.5. The minimum Gasteiger partial charge on any atom is -0.497 e. The van der Waals surface area contributed by atoms with Gasteiger partial charge in [-0.15, -0.1) is 0 Å². The monoisotopic (exact) mass is 386 g/mol. The summed E-state index contributed by atoms with van der Waals surface area (Å²) in [4.78, 5) is 26.5. The third kappa shape index (κ3) is 5.39. The van der Waals surface area contributed by atoms with Crippen molar-refractivity contribution in [2.45, 2.75) is 19.5 Å². The van der Waals surface area contributed by atoms with Crippen molar-refractivity contribution in [1.82, 2.24) is 10.2 Å². The van der Waals surface area contributed by atoms with Crippen LogP contribution in [0.1, 0.15) is 12.5 Å². The summed E-state index contributed by atoms with van der Waals surface area (Å²) in [6.07, 6.45) is 0. The Labute approximate surface area is 165 Å². The molecular formula is C21H26N2O5. The van der Waals surface area contributed by atoms with Crippen LogP contribution in [0, 0.1) is 0 Å². The maximum Gasteiger partial charge on any atom is 0.261 e. The maximum absolute atomic E-state index is 12.9. The fourth-order valence-electron chi connectivity index (χ4n) is 2.68. The smallest absolute Gasteiger partial charge is 0.261 e. The summed E-state index contributed by atoms with van der Waals surface area (Å²) >= 11 is 0. The highest BCUT2D eigenvalue weighted by Crippen LogP contribution is 2.26. The van der Waals surface area contributed by atoms with Gasteiger partial charge in [0, 0.05) is 13.6 Å². The lowest BCUT2D eigenvalue weighted by Gasteiger charge is -2.28. The third-order valence-electron chi connectivity index (χ3n) is 4.35. The number of para-hydroxylation sites is 2. The van der Waals surface area contributed by atoms with Gasteiger partial charge in [0.25, 0.3) is 5.91 Å². The topological polar surface area (TPSA) is 77.1 Å². The van der Waals surface area contributed by atoms with Crippen LogP contribution >= 0.6 is 0 Å². The summed E-state index contributed by atoms with van der Waals surface area (Å²) in [5.41, 5.74) is 0.877. The van der Waals surface area contributed by atoms with Gasteiger partial charge >= 0.3 is 0 Å². The Bertz CT molecular complexity index is 792. The number of nitrogens with zero attached hydrogens (tertiary/aromatic N) is 1. The first kappa shape index (κ1) is 21.1. The van der Waals surface area contributed by atoms with E-state index < -0.39 is 6.04 Å². The zero-order valence-electron chi connectivity index (χ0n) is 16.6. The highest BCUT2D eigenvalue weighted by atomic mass is 16.5. The number of hydrogen-bond donors (Lipinski definition) is 1. The molecule has 0 aliphatic carbocycles. The van der Waals surface area contributed by atoms with Gasteiger partial charge in [-0.3, -0.25) is 9.59 Å². The highest BCUT2D eigenvalue weighted by molar-refractivity contribution is 5.87. The van der Waals surface area contributed by atoms with Crippen molar-refractivity contribution in [1.29, 1.82) is 0 Å². The molecule has 0 radical (unpaired) electrons. The average Bonchev–Trinajstić information content (AvgIpc) is 2.75. The second-order valence-electron chi connectivity index (χ2n) is 6.10. The van der Waals surface area contributed by atoms with Crippen molar-refractivity contribution < 1.29 is 23.8 Å². The fourth-order valence-corrected chi connectivity index (χ4v) is 2.68. The molecule has 7 nitrogen and oxygen atoms in total. The molecule has 0 aliphatic heterocycles. The van der Waals surface area contributed by atoms with Crippen LogP contribution in [-0.4, -0.2) is 50.6 Å². The molecule has 28 heavy (non-hydrogen) atoms. The fraction of sp³-hybridized carbons (Fsp3) is 0.333. The van der Waals surface area contributed by atoms with E-state index in [-0.39, 0.29) is 25.0 Å². The quantitative estimate of drug-likeness (QED) is 0.715. The minimum atomic E-state index is -0.652. The van der Waals surface area contributed by atoms with Gasteiger partial charge in [0.05, 0.1) is 14.2 Å². The second-order valence-corrected chi connectivity index (χ2v) is 6.10. The zero-order chi connectivity index (χ0) is 20.5. The van der Waals surface area contributed by atoms with Crippen LogP contribution in [0.3, 0.4) is 0 Å². The molecule has 2 rings (SSSR count). The second kappa shape index (κ2) is 10.2. The molecule has 150 valence electrons. The molecule has 1 N–H and O–H groups in total. The number of carbonyl (C=O) groups excluding carboxylic acids is 2. The van der Waals surface area contributed by atoms with Gasteiger partial charge in [0.1, 0.15) is 11.8 Å². The van der Waals surface area contributed by atoms with E-state index in [9.17, 15) is 9.59 Å². The minimum absolute atomic E-state index is 0.210. The lowest BCUT2D eigenvalue weighted by Crippen LogP contribution is -2.48. The van der Waals surface area contributed by atoms with Crippen LogP contribution in [0.5, 0.6) is 17.2 Å². The van der Waals surface area contributed by atoms with E-state index in [1.165, 1.54) is 12.0 Å². The van der Waals surface area contributed by atoms with Gasteiger partial charge < -0.3 is 24.4 Å². The van der Waals surface area contributed by atoms with Crippen LogP contribution < -0.4 is 19.5 Å². The average molecular weight is 386 g/mol. The van der Waals surface area contributed by atoms with Crippen LogP contribution in [0.4, 0.5) is 0 Å². The van der Waals surface area contributed by atoms with Gasteiger partial charge in [-0.25, -0.2) is 0 Å². The molecule has 0 aromatic heterocycles. The number of rotatable bonds is 9. The van der Waals surface area contributed by atoms with Gasteiger partial charge in [-0.1, -0.05) is 24.3 Å². The van der Waals surface area contributed by atoms with Crippen molar-refractivity contribution in [3.8, 4) is 17.2 Å². The number of likely N-dealkylation sites (N-methyl/N-ethyl adjacent to an activating group) is 1. The van der Waals surface area contributed by atoms with Crippen molar-refractivity contribution in [3.63, 3.8) is 0 Å². The molecule has 2 amide bonds. The summed E-state index contributed by atoms with van der Waals surface area (Å²) in [6.45, 7) is 1.74. The highest BCUT2D eigenvalue weighted by Gasteiger charge is 2.26. The van der Waals surface area contributed by atoms with Crippen molar-refractivity contribution in [3.05, 3.63) is 54.1 Å². The van der Waals surface area contributed by atoms with Crippen molar-refractivity contribution >= 4 is 11.8 Å². The summed E-state index contributed by atoms with van der Waals surface area (Å²) in [5, 5.41) is 2.58. The maximum atomic E-state index is 12.9. The number of amides is 2. The van der Waals surface area contributed by atoms with E-state index in [0.29, 0.717) is 11.5 Å². The molecule has 0 spiro atoms. The Kier molecular flexibility index (Phi) is 7.68. The number of nitrogens with one attached hydrogen (secondary N) is 1. The molecule has 0 unspecified atom stereocenters. The van der Waals surface area contributed by atoms with E-state index in [1.54, 1.807) is 39.3 Å².